The van der Waals surface area contributed by atoms with E-state index in [-0.39, 0.29) is 0 Å². The second-order valence-electron chi connectivity index (χ2n) is 9.47. The highest BCUT2D eigenvalue weighted by Gasteiger charge is 2.25. The number of rotatable bonds is 7. The lowest BCUT2D eigenvalue weighted by Crippen LogP contribution is -2.14. The minimum Gasteiger partial charge on any atom is -0.344 e. The lowest BCUT2D eigenvalue weighted by atomic mass is 9.89. The van der Waals surface area contributed by atoms with Crippen LogP contribution in [-0.4, -0.2) is 33.0 Å². The number of imidazole rings is 2. The van der Waals surface area contributed by atoms with E-state index in [2.05, 4.69) is 75.0 Å². The molecule has 0 amide bonds. The van der Waals surface area contributed by atoms with E-state index in [1.165, 1.54) is 40.8 Å². The fourth-order valence-corrected chi connectivity index (χ4v) is 5.21. The molecular weight excluding hydrogens is 420 g/mol. The van der Waals surface area contributed by atoms with Crippen molar-refractivity contribution in [1.82, 2.24) is 30.6 Å². The van der Waals surface area contributed by atoms with E-state index < -0.39 is 0 Å². The number of H-pyrrole nitrogens is 2. The van der Waals surface area contributed by atoms with Crippen molar-refractivity contribution in [3.63, 3.8) is 0 Å². The van der Waals surface area contributed by atoms with Crippen LogP contribution in [0.15, 0.2) is 48.7 Å². The van der Waals surface area contributed by atoms with Gasteiger partial charge in [0.05, 0.1) is 30.2 Å². The van der Waals surface area contributed by atoms with Gasteiger partial charge >= 0.3 is 0 Å². The molecule has 6 rings (SSSR count). The molecule has 1 aliphatic carbocycles. The molecule has 1 fully saturated rings. The van der Waals surface area contributed by atoms with E-state index >= 15 is 0 Å². The molecule has 6 nitrogen and oxygen atoms in total. The number of aryl methyl sites for hydroxylation is 2. The van der Waals surface area contributed by atoms with Crippen LogP contribution >= 0.6 is 0 Å². The number of hydrogen-bond acceptors (Lipinski definition) is 4. The molecule has 2 aromatic heterocycles. The lowest BCUT2D eigenvalue weighted by Gasteiger charge is -2.16. The lowest BCUT2D eigenvalue weighted by molar-refractivity contribution is 0.611. The summed E-state index contributed by atoms with van der Waals surface area (Å²) in [5, 5.41) is 6.95. The zero-order chi connectivity index (χ0) is 22.9. The quantitative estimate of drug-likeness (QED) is 0.292. The largest absolute Gasteiger partial charge is 0.344 e. The summed E-state index contributed by atoms with van der Waals surface area (Å²) in [6, 6.07) is 16.0. The Labute approximate surface area is 200 Å². The monoisotopic (exact) mass is 452 g/mol. The van der Waals surface area contributed by atoms with Crippen LogP contribution in [0.4, 0.5) is 0 Å². The summed E-state index contributed by atoms with van der Waals surface area (Å²) < 4.78 is 0. The smallest absolute Gasteiger partial charge is 0.124 e. The Kier molecular flexibility index (Phi) is 5.77. The average molecular weight is 453 g/mol. The molecule has 34 heavy (non-hydrogen) atoms. The van der Waals surface area contributed by atoms with Gasteiger partial charge in [-0.15, -0.1) is 0 Å². The van der Waals surface area contributed by atoms with Gasteiger partial charge < -0.3 is 20.6 Å². The predicted molar refractivity (Wildman–Crippen MR) is 136 cm³/mol. The minimum atomic E-state index is 0.380. The van der Waals surface area contributed by atoms with E-state index in [0.717, 1.165) is 67.5 Å². The SMILES string of the molecule is CCCNCc1ncc(-c2ccc(-c3ccc4c(c3)CCc3[nH]c([C@@H]5CCCN5)nc3-4)cc2)[nH]1. The zero-order valence-corrected chi connectivity index (χ0v) is 19.7. The Morgan fingerprint density at radius 1 is 1.00 bits per heavy atom. The highest BCUT2D eigenvalue weighted by atomic mass is 15.0. The summed E-state index contributed by atoms with van der Waals surface area (Å²) in [6.07, 6.45) is 7.53. The fraction of sp³-hybridized carbons (Fsp3) is 0.357. The maximum Gasteiger partial charge on any atom is 0.124 e. The maximum absolute atomic E-state index is 5.02. The zero-order valence-electron chi connectivity index (χ0n) is 19.7. The van der Waals surface area contributed by atoms with Crippen molar-refractivity contribution in [2.45, 2.75) is 51.6 Å². The molecule has 0 spiro atoms. The van der Waals surface area contributed by atoms with E-state index in [0.29, 0.717) is 6.04 Å². The summed E-state index contributed by atoms with van der Waals surface area (Å²) in [5.41, 5.74) is 9.82. The van der Waals surface area contributed by atoms with Crippen LogP contribution in [0.5, 0.6) is 0 Å². The second kappa shape index (κ2) is 9.20. The normalized spacial score (nSPS) is 17.0. The van der Waals surface area contributed by atoms with Crippen molar-refractivity contribution >= 4 is 0 Å². The Bertz CT molecular complexity index is 1280. The number of benzene rings is 2. The van der Waals surface area contributed by atoms with Gasteiger partial charge in [0.15, 0.2) is 0 Å². The molecule has 1 aliphatic heterocycles. The topological polar surface area (TPSA) is 81.4 Å². The van der Waals surface area contributed by atoms with Crippen molar-refractivity contribution in [2.24, 2.45) is 0 Å². The van der Waals surface area contributed by atoms with Crippen LogP contribution in [-0.2, 0) is 19.4 Å². The van der Waals surface area contributed by atoms with Crippen LogP contribution in [0.2, 0.25) is 0 Å². The van der Waals surface area contributed by atoms with Crippen molar-refractivity contribution in [3.8, 4) is 33.6 Å². The first-order valence-electron chi connectivity index (χ1n) is 12.6. The Balaban J connectivity index is 1.21. The molecule has 0 unspecified atom stereocenters. The van der Waals surface area contributed by atoms with Crippen molar-refractivity contribution in [1.29, 1.82) is 0 Å². The van der Waals surface area contributed by atoms with E-state index in [1.54, 1.807) is 0 Å². The third-order valence-electron chi connectivity index (χ3n) is 7.07. The number of nitrogens with one attached hydrogen (secondary N) is 4. The Morgan fingerprint density at radius 3 is 2.68 bits per heavy atom. The molecule has 6 heteroatoms. The summed E-state index contributed by atoms with van der Waals surface area (Å²) in [4.78, 5) is 16.6. The second-order valence-corrected chi connectivity index (χ2v) is 9.47. The number of hydrogen-bond donors (Lipinski definition) is 4. The highest BCUT2D eigenvalue weighted by molar-refractivity contribution is 5.76. The van der Waals surface area contributed by atoms with Gasteiger partial charge in [-0.25, -0.2) is 9.97 Å². The van der Waals surface area contributed by atoms with Gasteiger partial charge in [0, 0.05) is 11.3 Å². The first-order chi connectivity index (χ1) is 16.8. The molecule has 3 heterocycles. The van der Waals surface area contributed by atoms with Crippen molar-refractivity contribution < 1.29 is 0 Å². The number of aromatic amines is 2. The summed E-state index contributed by atoms with van der Waals surface area (Å²) in [7, 11) is 0. The summed E-state index contributed by atoms with van der Waals surface area (Å²) in [6.45, 7) is 5.04. The molecular formula is C28H32N6. The van der Waals surface area contributed by atoms with Gasteiger partial charge in [0.2, 0.25) is 0 Å². The Morgan fingerprint density at radius 2 is 1.85 bits per heavy atom. The molecule has 2 aromatic carbocycles. The van der Waals surface area contributed by atoms with Gasteiger partial charge in [-0.1, -0.05) is 49.4 Å². The van der Waals surface area contributed by atoms with Crippen molar-refractivity contribution in [3.05, 3.63) is 71.6 Å². The third-order valence-corrected chi connectivity index (χ3v) is 7.07. The van der Waals surface area contributed by atoms with E-state index in [1.807, 2.05) is 6.20 Å². The minimum absolute atomic E-state index is 0.380. The first-order valence-corrected chi connectivity index (χ1v) is 12.6. The summed E-state index contributed by atoms with van der Waals surface area (Å²) >= 11 is 0. The molecule has 0 radical (unpaired) electrons. The van der Waals surface area contributed by atoms with Crippen LogP contribution in [0.3, 0.4) is 0 Å². The van der Waals surface area contributed by atoms with Gasteiger partial charge in [0.1, 0.15) is 11.6 Å². The molecule has 0 bridgehead atoms. The third kappa shape index (κ3) is 4.08. The first kappa shape index (κ1) is 21.3. The maximum atomic E-state index is 5.02. The van der Waals surface area contributed by atoms with Crippen molar-refractivity contribution in [2.75, 3.05) is 13.1 Å². The van der Waals surface area contributed by atoms with E-state index in [4.69, 9.17) is 4.98 Å². The Hall–Kier alpha value is -3.22. The molecule has 4 N–H and O–H groups in total. The highest BCUT2D eigenvalue weighted by Crippen LogP contribution is 2.36. The number of nitrogens with zero attached hydrogens (tertiary/aromatic N) is 2. The van der Waals surface area contributed by atoms with Gasteiger partial charge in [-0.2, -0.15) is 0 Å². The van der Waals surface area contributed by atoms with Gasteiger partial charge in [-0.3, -0.25) is 0 Å². The molecule has 174 valence electrons. The van der Waals surface area contributed by atoms with Gasteiger partial charge in [-0.05, 0) is 67.4 Å². The molecule has 2 aliphatic rings. The average Bonchev–Trinajstić information content (AvgIpc) is 3.64. The van der Waals surface area contributed by atoms with Crippen LogP contribution in [0, 0.1) is 0 Å². The molecule has 0 saturated carbocycles. The fourth-order valence-electron chi connectivity index (χ4n) is 5.21. The number of fused-ring (bicyclic) bond motifs is 3. The standard InChI is InChI=1S/C28H32N6/c1-2-13-29-17-26-31-16-25(32-26)19-7-5-18(6-8-19)20-9-11-22-21(15-20)10-12-23-27(22)34-28(33-23)24-4-3-14-30-24/h5-9,11,15-16,24,29-30H,2-4,10,12-14,17H2,1H3,(H,31,32)(H,33,34)/t24-/m0/s1. The summed E-state index contributed by atoms with van der Waals surface area (Å²) in [5.74, 6) is 2.09. The molecule has 4 aromatic rings. The molecule has 1 atom stereocenters. The predicted octanol–water partition coefficient (Wildman–Crippen LogP) is 5.16. The van der Waals surface area contributed by atoms with E-state index in [9.17, 15) is 0 Å². The van der Waals surface area contributed by atoms with Crippen LogP contribution in [0.1, 0.15) is 55.1 Å². The number of aromatic nitrogens is 4. The molecule has 1 saturated heterocycles. The van der Waals surface area contributed by atoms with Crippen LogP contribution in [0.25, 0.3) is 33.6 Å². The van der Waals surface area contributed by atoms with Gasteiger partial charge in [0.25, 0.3) is 0 Å². The van der Waals surface area contributed by atoms with Crippen LogP contribution < -0.4 is 10.6 Å².